The van der Waals surface area contributed by atoms with Crippen LogP contribution in [0, 0.1) is 0 Å². The van der Waals surface area contributed by atoms with Crippen LogP contribution >= 0.6 is 15.9 Å². The molecule has 1 saturated heterocycles. The zero-order valence-electron chi connectivity index (χ0n) is 20.5. The van der Waals surface area contributed by atoms with Gasteiger partial charge >= 0.3 is 0 Å². The average molecular weight is 529 g/mol. The number of rotatable bonds is 9. The second-order valence-electron chi connectivity index (χ2n) is 9.63. The zero-order chi connectivity index (χ0) is 23.8. The Bertz CT molecular complexity index is 898. The van der Waals surface area contributed by atoms with Crippen LogP contribution in [0.3, 0.4) is 0 Å². The van der Waals surface area contributed by atoms with Crippen molar-refractivity contribution >= 4 is 27.8 Å². The molecular weight excluding hydrogens is 490 g/mol. The highest BCUT2D eigenvalue weighted by molar-refractivity contribution is 9.11. The number of hydrogen-bond donors (Lipinski definition) is 0. The van der Waals surface area contributed by atoms with Gasteiger partial charge in [0.1, 0.15) is 0 Å². The molecule has 0 bridgehead atoms. The van der Waals surface area contributed by atoms with Crippen molar-refractivity contribution in [2.45, 2.75) is 64.3 Å². The number of anilines is 1. The van der Waals surface area contributed by atoms with Crippen LogP contribution < -0.4 is 4.90 Å². The molecule has 1 aliphatic heterocycles. The minimum absolute atomic E-state index is 0.212. The number of allylic oxidation sites excluding steroid dienone is 5. The quantitative estimate of drug-likeness (QED) is 0.458. The molecule has 7 heteroatoms. The molecular formula is C27H38BrN5O. The Hall–Kier alpha value is -1.99. The molecule has 3 aliphatic rings. The summed E-state index contributed by atoms with van der Waals surface area (Å²) in [7, 11) is 0. The predicted molar refractivity (Wildman–Crippen MR) is 142 cm³/mol. The minimum atomic E-state index is 0.212. The van der Waals surface area contributed by atoms with E-state index < -0.39 is 0 Å². The standard InChI is InChI=1S/C27H38BrN5O/c1-2-13-32(26(34)19-22-6-3-4-7-24(28)11-10-22)14-12-23-20-29-27(30-21-23)33-17-15-31(16-18-33)25-8-5-9-25/h3-4,6-7,20-21,25H,2,5,8-19H2,1H3/b4-3-,22-6+,24-7+. The first-order valence-electron chi connectivity index (χ1n) is 12.9. The maximum atomic E-state index is 13.1. The number of amides is 1. The fourth-order valence-corrected chi connectivity index (χ4v) is 5.18. The summed E-state index contributed by atoms with van der Waals surface area (Å²) in [6.45, 7) is 7.87. The second-order valence-corrected chi connectivity index (χ2v) is 10.6. The molecule has 6 nitrogen and oxygen atoms in total. The van der Waals surface area contributed by atoms with Gasteiger partial charge in [0, 0.05) is 64.1 Å². The Labute approximate surface area is 212 Å². The summed E-state index contributed by atoms with van der Waals surface area (Å²) in [4.78, 5) is 29.3. The van der Waals surface area contributed by atoms with Crippen molar-refractivity contribution in [3.05, 3.63) is 52.3 Å². The highest BCUT2D eigenvalue weighted by Gasteiger charge is 2.28. The smallest absolute Gasteiger partial charge is 0.226 e. The van der Waals surface area contributed by atoms with E-state index in [4.69, 9.17) is 0 Å². The highest BCUT2D eigenvalue weighted by atomic mass is 79.9. The topological polar surface area (TPSA) is 52.6 Å². The maximum Gasteiger partial charge on any atom is 0.226 e. The minimum Gasteiger partial charge on any atom is -0.342 e. The van der Waals surface area contributed by atoms with Crippen LogP contribution in [0.15, 0.2) is 46.8 Å². The van der Waals surface area contributed by atoms with Gasteiger partial charge in [0.05, 0.1) is 0 Å². The molecule has 184 valence electrons. The van der Waals surface area contributed by atoms with Crippen LogP contribution in [-0.2, 0) is 11.2 Å². The summed E-state index contributed by atoms with van der Waals surface area (Å²) >= 11 is 3.59. The zero-order valence-corrected chi connectivity index (χ0v) is 22.0. The monoisotopic (exact) mass is 527 g/mol. The lowest BCUT2D eigenvalue weighted by atomic mass is 9.91. The molecule has 0 radical (unpaired) electrons. The normalized spacial score (nSPS) is 23.6. The van der Waals surface area contributed by atoms with Crippen LogP contribution in [0.2, 0.25) is 0 Å². The summed E-state index contributed by atoms with van der Waals surface area (Å²) in [5, 5.41) is 0. The molecule has 0 aromatic carbocycles. The molecule has 1 amide bonds. The number of aromatic nitrogens is 2. The van der Waals surface area contributed by atoms with E-state index in [2.05, 4.69) is 54.8 Å². The van der Waals surface area contributed by atoms with Crippen molar-refractivity contribution in [3.8, 4) is 0 Å². The van der Waals surface area contributed by atoms with Crippen LogP contribution in [0.25, 0.3) is 0 Å². The lowest BCUT2D eigenvalue weighted by molar-refractivity contribution is -0.130. The van der Waals surface area contributed by atoms with Crippen molar-refractivity contribution < 1.29 is 4.79 Å². The third-order valence-electron chi connectivity index (χ3n) is 7.18. The van der Waals surface area contributed by atoms with Gasteiger partial charge in [-0.1, -0.05) is 59.2 Å². The Balaban J connectivity index is 1.26. The Morgan fingerprint density at radius 2 is 1.79 bits per heavy atom. The van der Waals surface area contributed by atoms with E-state index in [1.54, 1.807) is 0 Å². The lowest BCUT2D eigenvalue weighted by Crippen LogP contribution is -2.52. The van der Waals surface area contributed by atoms with E-state index in [-0.39, 0.29) is 5.91 Å². The SMILES string of the molecule is CCCN(CCc1cnc(N2CCN(C3CCC3)CC2)nc1)C(=O)C/C1=C/C=C\C=C(\Br)CC1. The predicted octanol–water partition coefficient (Wildman–Crippen LogP) is 4.88. The number of piperazine rings is 1. The number of nitrogens with zero attached hydrogens (tertiary/aromatic N) is 5. The Morgan fingerprint density at radius 3 is 2.47 bits per heavy atom. The van der Waals surface area contributed by atoms with Gasteiger partial charge < -0.3 is 9.80 Å². The molecule has 1 saturated carbocycles. The molecule has 0 spiro atoms. The molecule has 1 aromatic rings. The lowest BCUT2D eigenvalue weighted by Gasteiger charge is -2.42. The van der Waals surface area contributed by atoms with Crippen LogP contribution in [0.5, 0.6) is 0 Å². The van der Waals surface area contributed by atoms with E-state index in [1.165, 1.54) is 29.3 Å². The molecule has 0 atom stereocenters. The number of hydrogen-bond acceptors (Lipinski definition) is 5. The van der Waals surface area contributed by atoms with Gasteiger partial charge in [-0.3, -0.25) is 9.69 Å². The molecule has 2 fully saturated rings. The fraction of sp³-hybridized carbons (Fsp3) is 0.593. The summed E-state index contributed by atoms with van der Waals surface area (Å²) in [6, 6.07) is 0.817. The first-order chi connectivity index (χ1) is 16.6. The Morgan fingerprint density at radius 1 is 1.06 bits per heavy atom. The number of carbonyl (C=O) groups excluding carboxylic acids is 1. The number of halogens is 1. The van der Waals surface area contributed by atoms with Gasteiger partial charge in [0.2, 0.25) is 11.9 Å². The first kappa shape index (κ1) is 25.1. The van der Waals surface area contributed by atoms with Crippen LogP contribution in [-0.4, -0.2) is 71.0 Å². The summed E-state index contributed by atoms with van der Waals surface area (Å²) in [6.07, 6.45) is 20.3. The van der Waals surface area contributed by atoms with Crippen molar-refractivity contribution in [1.29, 1.82) is 0 Å². The highest BCUT2D eigenvalue weighted by Crippen LogP contribution is 2.26. The van der Waals surface area contributed by atoms with Crippen molar-refractivity contribution in [2.75, 3.05) is 44.2 Å². The summed E-state index contributed by atoms with van der Waals surface area (Å²) in [5.74, 6) is 1.05. The summed E-state index contributed by atoms with van der Waals surface area (Å²) in [5.41, 5.74) is 2.28. The average Bonchev–Trinajstić information content (AvgIpc) is 2.81. The van der Waals surface area contributed by atoms with E-state index in [9.17, 15) is 4.79 Å². The second kappa shape index (κ2) is 12.6. The summed E-state index contributed by atoms with van der Waals surface area (Å²) < 4.78 is 1.18. The molecule has 1 aromatic heterocycles. The molecule has 2 aliphatic carbocycles. The van der Waals surface area contributed by atoms with Gasteiger partial charge in [-0.25, -0.2) is 9.97 Å². The van der Waals surface area contributed by atoms with Gasteiger partial charge in [-0.15, -0.1) is 0 Å². The van der Waals surface area contributed by atoms with Gasteiger partial charge in [-0.05, 0) is 48.6 Å². The van der Waals surface area contributed by atoms with Crippen LogP contribution in [0.4, 0.5) is 5.95 Å². The molecule has 4 rings (SSSR count). The van der Waals surface area contributed by atoms with Gasteiger partial charge in [0.15, 0.2) is 0 Å². The largest absolute Gasteiger partial charge is 0.342 e. The van der Waals surface area contributed by atoms with E-state index in [1.807, 2.05) is 29.4 Å². The van der Waals surface area contributed by atoms with Crippen LogP contribution in [0.1, 0.15) is 57.4 Å². The Kier molecular flexibility index (Phi) is 9.33. The molecule has 0 N–H and O–H groups in total. The van der Waals surface area contributed by atoms with E-state index in [0.29, 0.717) is 13.0 Å². The molecule has 0 unspecified atom stereocenters. The fourth-order valence-electron chi connectivity index (χ4n) is 4.83. The van der Waals surface area contributed by atoms with Crippen molar-refractivity contribution in [3.63, 3.8) is 0 Å². The van der Waals surface area contributed by atoms with E-state index in [0.717, 1.165) is 76.0 Å². The number of carbonyl (C=O) groups is 1. The van der Waals surface area contributed by atoms with E-state index >= 15 is 0 Å². The third-order valence-corrected chi connectivity index (χ3v) is 7.84. The molecule has 2 heterocycles. The maximum absolute atomic E-state index is 13.1. The van der Waals surface area contributed by atoms with Gasteiger partial charge in [-0.2, -0.15) is 0 Å². The van der Waals surface area contributed by atoms with Crippen molar-refractivity contribution in [1.82, 2.24) is 19.8 Å². The third kappa shape index (κ3) is 7.01. The van der Waals surface area contributed by atoms with Crippen molar-refractivity contribution in [2.24, 2.45) is 0 Å². The first-order valence-corrected chi connectivity index (χ1v) is 13.7. The molecule has 34 heavy (non-hydrogen) atoms. The van der Waals surface area contributed by atoms with Gasteiger partial charge in [0.25, 0.3) is 0 Å².